The van der Waals surface area contributed by atoms with Crippen LogP contribution in [0.4, 0.5) is 0 Å². The molecule has 1 unspecified atom stereocenters. The molecule has 0 amide bonds. The minimum absolute atomic E-state index is 0.244. The van der Waals surface area contributed by atoms with Gasteiger partial charge in [-0.05, 0) is 33.3 Å². The summed E-state index contributed by atoms with van der Waals surface area (Å²) in [6, 6.07) is 2.44. The summed E-state index contributed by atoms with van der Waals surface area (Å²) in [7, 11) is 1.70. The van der Waals surface area contributed by atoms with Crippen molar-refractivity contribution in [3.05, 3.63) is 18.0 Å². The van der Waals surface area contributed by atoms with Crippen molar-refractivity contribution in [3.63, 3.8) is 0 Å². The zero-order valence-electron chi connectivity index (χ0n) is 10.7. The minimum Gasteiger partial charge on any atom is -0.385 e. The van der Waals surface area contributed by atoms with Gasteiger partial charge >= 0.3 is 0 Å². The second-order valence-corrected chi connectivity index (χ2v) is 4.95. The highest BCUT2D eigenvalue weighted by atomic mass is 16.5. The van der Waals surface area contributed by atoms with E-state index < -0.39 is 0 Å². The van der Waals surface area contributed by atoms with Crippen molar-refractivity contribution < 1.29 is 4.74 Å². The number of hydrogen-bond donors (Lipinski definition) is 1. The van der Waals surface area contributed by atoms with Crippen LogP contribution in [-0.4, -0.2) is 29.0 Å². The lowest BCUT2D eigenvalue weighted by Crippen LogP contribution is -2.39. The van der Waals surface area contributed by atoms with Gasteiger partial charge < -0.3 is 10.5 Å². The third-order valence-electron chi connectivity index (χ3n) is 2.65. The van der Waals surface area contributed by atoms with Gasteiger partial charge in [0, 0.05) is 37.9 Å². The van der Waals surface area contributed by atoms with Crippen molar-refractivity contribution in [2.24, 2.45) is 5.73 Å². The Balaban J connectivity index is 2.57. The molecule has 0 aliphatic rings. The summed E-state index contributed by atoms with van der Waals surface area (Å²) >= 11 is 0. The maximum atomic E-state index is 6.19. The van der Waals surface area contributed by atoms with Crippen molar-refractivity contribution in [2.75, 3.05) is 13.7 Å². The summed E-state index contributed by atoms with van der Waals surface area (Å²) in [5, 5.41) is 4.50. The van der Waals surface area contributed by atoms with E-state index >= 15 is 0 Å². The molecule has 1 atom stereocenters. The SMILES string of the molecule is COCCC(C)(N)Cc1ccn(C(C)C)n1. The maximum absolute atomic E-state index is 6.19. The summed E-state index contributed by atoms with van der Waals surface area (Å²) in [6.45, 7) is 6.96. The van der Waals surface area contributed by atoms with E-state index in [0.29, 0.717) is 12.6 Å². The summed E-state index contributed by atoms with van der Waals surface area (Å²) in [6.07, 6.45) is 3.64. The van der Waals surface area contributed by atoms with Gasteiger partial charge in [-0.15, -0.1) is 0 Å². The first-order chi connectivity index (χ1) is 7.44. The monoisotopic (exact) mass is 225 g/mol. The van der Waals surface area contributed by atoms with E-state index in [1.807, 2.05) is 23.9 Å². The molecule has 1 rings (SSSR count). The first kappa shape index (κ1) is 13.2. The van der Waals surface area contributed by atoms with Gasteiger partial charge in [-0.3, -0.25) is 4.68 Å². The smallest absolute Gasteiger partial charge is 0.0642 e. The zero-order valence-corrected chi connectivity index (χ0v) is 10.7. The number of nitrogens with two attached hydrogens (primary N) is 1. The number of nitrogens with zero attached hydrogens (tertiary/aromatic N) is 2. The predicted octanol–water partition coefficient (Wildman–Crippen LogP) is 1.76. The fourth-order valence-electron chi connectivity index (χ4n) is 1.60. The first-order valence-electron chi connectivity index (χ1n) is 5.76. The summed E-state index contributed by atoms with van der Waals surface area (Å²) in [5.41, 5.74) is 7.00. The van der Waals surface area contributed by atoms with E-state index in [1.54, 1.807) is 7.11 Å². The second kappa shape index (κ2) is 5.46. The highest BCUT2D eigenvalue weighted by Gasteiger charge is 2.20. The molecular formula is C12H23N3O. The molecule has 1 aromatic heterocycles. The normalized spacial score (nSPS) is 15.4. The van der Waals surface area contributed by atoms with Crippen LogP contribution in [0.3, 0.4) is 0 Å². The quantitative estimate of drug-likeness (QED) is 0.802. The molecule has 16 heavy (non-hydrogen) atoms. The molecular weight excluding hydrogens is 202 g/mol. The topological polar surface area (TPSA) is 53.1 Å². The fourth-order valence-corrected chi connectivity index (χ4v) is 1.60. The van der Waals surface area contributed by atoms with E-state index in [0.717, 1.165) is 18.5 Å². The molecule has 0 saturated carbocycles. The van der Waals surface area contributed by atoms with E-state index in [1.165, 1.54) is 0 Å². The predicted molar refractivity (Wildman–Crippen MR) is 65.4 cm³/mol. The number of ether oxygens (including phenoxy) is 1. The van der Waals surface area contributed by atoms with Gasteiger partial charge in [0.15, 0.2) is 0 Å². The average molecular weight is 225 g/mol. The number of rotatable bonds is 6. The molecule has 0 saturated heterocycles. The molecule has 0 aromatic carbocycles. The van der Waals surface area contributed by atoms with Crippen LogP contribution in [0.15, 0.2) is 12.3 Å². The molecule has 0 radical (unpaired) electrons. The molecule has 0 aliphatic heterocycles. The first-order valence-corrected chi connectivity index (χ1v) is 5.76. The van der Waals surface area contributed by atoms with Gasteiger partial charge in [0.1, 0.15) is 0 Å². The Labute approximate surface area is 97.8 Å². The molecule has 0 aliphatic carbocycles. The highest BCUT2D eigenvalue weighted by molar-refractivity contribution is 5.05. The van der Waals surface area contributed by atoms with Crippen LogP contribution >= 0.6 is 0 Å². The largest absolute Gasteiger partial charge is 0.385 e. The molecule has 2 N–H and O–H groups in total. The number of methoxy groups -OCH3 is 1. The van der Waals surface area contributed by atoms with Crippen LogP contribution in [0.25, 0.3) is 0 Å². The van der Waals surface area contributed by atoms with Crippen LogP contribution in [0, 0.1) is 0 Å². The van der Waals surface area contributed by atoms with Crippen LogP contribution in [0.1, 0.15) is 38.9 Å². The van der Waals surface area contributed by atoms with Crippen LogP contribution in [0.5, 0.6) is 0 Å². The van der Waals surface area contributed by atoms with Gasteiger partial charge in [0.2, 0.25) is 0 Å². The third kappa shape index (κ3) is 3.94. The molecule has 1 aromatic rings. The molecule has 0 spiro atoms. The second-order valence-electron chi connectivity index (χ2n) is 4.95. The lowest BCUT2D eigenvalue weighted by Gasteiger charge is -2.23. The fraction of sp³-hybridized carbons (Fsp3) is 0.750. The third-order valence-corrected chi connectivity index (χ3v) is 2.65. The Kier molecular flexibility index (Phi) is 4.50. The molecule has 4 nitrogen and oxygen atoms in total. The minimum atomic E-state index is -0.244. The Morgan fingerprint density at radius 2 is 2.25 bits per heavy atom. The van der Waals surface area contributed by atoms with E-state index in [2.05, 4.69) is 18.9 Å². The lowest BCUT2D eigenvalue weighted by atomic mass is 9.94. The van der Waals surface area contributed by atoms with Crippen LogP contribution in [0.2, 0.25) is 0 Å². The number of hydrogen-bond acceptors (Lipinski definition) is 3. The molecule has 92 valence electrons. The average Bonchev–Trinajstić information content (AvgIpc) is 2.62. The summed E-state index contributed by atoms with van der Waals surface area (Å²) in [4.78, 5) is 0. The van der Waals surface area contributed by atoms with Crippen molar-refractivity contribution in [1.29, 1.82) is 0 Å². The van der Waals surface area contributed by atoms with Gasteiger partial charge in [0.05, 0.1) is 5.69 Å². The summed E-state index contributed by atoms with van der Waals surface area (Å²) in [5.74, 6) is 0. The Hall–Kier alpha value is -0.870. The summed E-state index contributed by atoms with van der Waals surface area (Å²) < 4.78 is 7.01. The number of aromatic nitrogens is 2. The van der Waals surface area contributed by atoms with Crippen LogP contribution < -0.4 is 5.73 Å². The van der Waals surface area contributed by atoms with E-state index in [-0.39, 0.29) is 5.54 Å². The Bertz CT molecular complexity index is 318. The molecule has 4 heteroatoms. The van der Waals surface area contributed by atoms with Gasteiger partial charge in [-0.1, -0.05) is 0 Å². The molecule has 1 heterocycles. The van der Waals surface area contributed by atoms with Crippen LogP contribution in [-0.2, 0) is 11.2 Å². The highest BCUT2D eigenvalue weighted by Crippen LogP contribution is 2.14. The Morgan fingerprint density at radius 3 is 2.75 bits per heavy atom. The van der Waals surface area contributed by atoms with Crippen molar-refractivity contribution in [1.82, 2.24) is 9.78 Å². The van der Waals surface area contributed by atoms with Crippen molar-refractivity contribution in [2.45, 2.75) is 45.2 Å². The maximum Gasteiger partial charge on any atom is 0.0642 e. The Morgan fingerprint density at radius 1 is 1.56 bits per heavy atom. The van der Waals surface area contributed by atoms with Gasteiger partial charge in [-0.2, -0.15) is 5.10 Å². The van der Waals surface area contributed by atoms with E-state index in [4.69, 9.17) is 10.5 Å². The zero-order chi connectivity index (χ0) is 12.2. The van der Waals surface area contributed by atoms with Crippen molar-refractivity contribution >= 4 is 0 Å². The van der Waals surface area contributed by atoms with Gasteiger partial charge in [0.25, 0.3) is 0 Å². The molecule has 0 bridgehead atoms. The van der Waals surface area contributed by atoms with Crippen molar-refractivity contribution in [3.8, 4) is 0 Å². The van der Waals surface area contributed by atoms with E-state index in [9.17, 15) is 0 Å². The lowest BCUT2D eigenvalue weighted by molar-refractivity contribution is 0.171. The molecule has 0 fully saturated rings. The standard InChI is InChI=1S/C12H23N3O/c1-10(2)15-7-5-11(14-15)9-12(3,13)6-8-16-4/h5,7,10H,6,8-9,13H2,1-4H3. The van der Waals surface area contributed by atoms with Gasteiger partial charge in [-0.25, -0.2) is 0 Å².